The summed E-state index contributed by atoms with van der Waals surface area (Å²) in [6.07, 6.45) is 4.03. The highest BCUT2D eigenvalue weighted by atomic mass is 16.2. The molecule has 0 spiro atoms. The van der Waals surface area contributed by atoms with Gasteiger partial charge in [0.15, 0.2) is 0 Å². The molecule has 1 aliphatic rings. The van der Waals surface area contributed by atoms with Gasteiger partial charge < -0.3 is 15.5 Å². The summed E-state index contributed by atoms with van der Waals surface area (Å²) in [5.41, 5.74) is 1.47. The molecular weight excluding hydrogens is 380 g/mol. The molecular formula is C23H28N4O3. The average Bonchev–Trinajstić information content (AvgIpc) is 2.78. The zero-order valence-corrected chi connectivity index (χ0v) is 17.0. The Balaban J connectivity index is 1.68. The maximum Gasteiger partial charge on any atom is 0.272 e. The Morgan fingerprint density at radius 3 is 2.47 bits per heavy atom. The molecule has 0 aliphatic carbocycles. The molecule has 2 heterocycles. The van der Waals surface area contributed by atoms with Crippen LogP contribution < -0.4 is 10.6 Å². The maximum atomic E-state index is 12.8. The number of amides is 3. The van der Waals surface area contributed by atoms with Crippen molar-refractivity contribution in [1.82, 2.24) is 20.5 Å². The molecule has 0 bridgehead atoms. The van der Waals surface area contributed by atoms with Crippen molar-refractivity contribution in [3.8, 4) is 0 Å². The first-order valence-corrected chi connectivity index (χ1v) is 10.4. The Morgan fingerprint density at radius 2 is 1.70 bits per heavy atom. The summed E-state index contributed by atoms with van der Waals surface area (Å²) in [6, 6.07) is 15.2. The number of benzene rings is 1. The first-order valence-electron chi connectivity index (χ1n) is 10.4. The van der Waals surface area contributed by atoms with E-state index >= 15 is 0 Å². The third-order valence-corrected chi connectivity index (χ3v) is 5.24. The number of rotatable bonds is 2. The summed E-state index contributed by atoms with van der Waals surface area (Å²) < 4.78 is 0. The van der Waals surface area contributed by atoms with Crippen LogP contribution in [0.4, 0.5) is 0 Å². The van der Waals surface area contributed by atoms with E-state index in [0.29, 0.717) is 38.2 Å². The second-order valence-electron chi connectivity index (χ2n) is 7.43. The predicted molar refractivity (Wildman–Crippen MR) is 114 cm³/mol. The van der Waals surface area contributed by atoms with Crippen LogP contribution in [0, 0.1) is 0 Å². The van der Waals surface area contributed by atoms with Crippen LogP contribution in [-0.2, 0) is 9.59 Å². The van der Waals surface area contributed by atoms with Crippen LogP contribution in [-0.4, -0.2) is 53.8 Å². The lowest BCUT2D eigenvalue weighted by Crippen LogP contribution is -2.42. The Morgan fingerprint density at radius 1 is 0.933 bits per heavy atom. The summed E-state index contributed by atoms with van der Waals surface area (Å²) in [7, 11) is 0. The summed E-state index contributed by atoms with van der Waals surface area (Å²) in [5, 5.41) is 5.86. The molecule has 0 saturated carbocycles. The van der Waals surface area contributed by atoms with E-state index in [4.69, 9.17) is 0 Å². The molecule has 1 unspecified atom stereocenters. The van der Waals surface area contributed by atoms with Gasteiger partial charge in [-0.3, -0.25) is 19.4 Å². The normalized spacial score (nSPS) is 19.3. The molecule has 30 heavy (non-hydrogen) atoms. The Hall–Kier alpha value is -3.22. The fourth-order valence-electron chi connectivity index (χ4n) is 3.61. The molecule has 1 fully saturated rings. The molecule has 3 amide bonds. The lowest BCUT2D eigenvalue weighted by Gasteiger charge is -2.23. The molecule has 3 rings (SSSR count). The van der Waals surface area contributed by atoms with E-state index < -0.39 is 0 Å². The predicted octanol–water partition coefficient (Wildman–Crippen LogP) is 2.11. The standard InChI is InChI=1S/C23H28N4O3/c28-21-11-10-19(18-7-2-1-3-8-18)12-15-26-22(29)17-27(16-6-14-25-21)23(30)20-9-4-5-13-24-20/h1-5,7-9,13,19H,6,10-12,14-17H2,(H,25,28)(H,26,29). The fourth-order valence-corrected chi connectivity index (χ4v) is 3.61. The van der Waals surface area contributed by atoms with Crippen molar-refractivity contribution in [2.24, 2.45) is 0 Å². The number of nitrogens with zero attached hydrogens (tertiary/aromatic N) is 2. The van der Waals surface area contributed by atoms with Crippen LogP contribution in [0.3, 0.4) is 0 Å². The van der Waals surface area contributed by atoms with Crippen LogP contribution in [0.5, 0.6) is 0 Å². The zero-order valence-electron chi connectivity index (χ0n) is 17.0. The minimum absolute atomic E-state index is 0.0135. The van der Waals surface area contributed by atoms with Gasteiger partial charge in [-0.15, -0.1) is 0 Å². The molecule has 1 aliphatic heterocycles. The van der Waals surface area contributed by atoms with E-state index in [-0.39, 0.29) is 30.2 Å². The van der Waals surface area contributed by atoms with Gasteiger partial charge in [-0.2, -0.15) is 0 Å². The summed E-state index contributed by atoms with van der Waals surface area (Å²) in [5.74, 6) is -0.274. The van der Waals surface area contributed by atoms with Gasteiger partial charge in [0.25, 0.3) is 5.91 Å². The van der Waals surface area contributed by atoms with Crippen molar-refractivity contribution in [2.75, 3.05) is 26.2 Å². The van der Waals surface area contributed by atoms with E-state index in [1.165, 1.54) is 10.5 Å². The molecule has 1 aromatic carbocycles. The van der Waals surface area contributed by atoms with Crippen molar-refractivity contribution < 1.29 is 14.4 Å². The molecule has 158 valence electrons. The Kier molecular flexibility index (Phi) is 7.94. The van der Waals surface area contributed by atoms with Crippen molar-refractivity contribution >= 4 is 17.7 Å². The minimum atomic E-state index is -0.286. The minimum Gasteiger partial charge on any atom is -0.356 e. The first-order chi connectivity index (χ1) is 14.6. The van der Waals surface area contributed by atoms with Gasteiger partial charge in [0.05, 0.1) is 6.54 Å². The number of aromatic nitrogens is 1. The summed E-state index contributed by atoms with van der Waals surface area (Å²) in [6.45, 7) is 1.29. The molecule has 7 heteroatoms. The molecule has 1 aromatic heterocycles. The van der Waals surface area contributed by atoms with E-state index in [1.54, 1.807) is 24.4 Å². The Bertz CT molecular complexity index is 842. The van der Waals surface area contributed by atoms with Crippen molar-refractivity contribution in [1.29, 1.82) is 0 Å². The molecule has 2 aromatic rings. The van der Waals surface area contributed by atoms with E-state index in [0.717, 1.165) is 12.8 Å². The number of pyridine rings is 1. The lowest BCUT2D eigenvalue weighted by atomic mass is 9.91. The second kappa shape index (κ2) is 11.1. The fraction of sp³-hybridized carbons (Fsp3) is 0.391. The second-order valence-corrected chi connectivity index (χ2v) is 7.43. The highest BCUT2D eigenvalue weighted by molar-refractivity contribution is 5.94. The molecule has 1 atom stereocenters. The number of carbonyl (C=O) groups excluding carboxylic acids is 3. The monoisotopic (exact) mass is 408 g/mol. The van der Waals surface area contributed by atoms with Crippen LogP contribution in [0.15, 0.2) is 54.7 Å². The van der Waals surface area contributed by atoms with Crippen LogP contribution in [0.1, 0.15) is 47.7 Å². The quantitative estimate of drug-likeness (QED) is 0.796. The zero-order chi connectivity index (χ0) is 21.2. The molecule has 0 radical (unpaired) electrons. The van der Waals surface area contributed by atoms with Gasteiger partial charge in [-0.25, -0.2) is 0 Å². The maximum absolute atomic E-state index is 12.8. The van der Waals surface area contributed by atoms with Crippen molar-refractivity contribution in [2.45, 2.75) is 31.6 Å². The average molecular weight is 409 g/mol. The van der Waals surface area contributed by atoms with Crippen LogP contribution in [0.25, 0.3) is 0 Å². The van der Waals surface area contributed by atoms with Gasteiger partial charge in [-0.05, 0) is 42.9 Å². The highest BCUT2D eigenvalue weighted by Crippen LogP contribution is 2.24. The molecule has 2 N–H and O–H groups in total. The highest BCUT2D eigenvalue weighted by Gasteiger charge is 2.21. The number of nitrogens with one attached hydrogen (secondary N) is 2. The smallest absolute Gasteiger partial charge is 0.272 e. The molecule has 7 nitrogen and oxygen atoms in total. The topological polar surface area (TPSA) is 91.4 Å². The van der Waals surface area contributed by atoms with Crippen LogP contribution in [0.2, 0.25) is 0 Å². The third-order valence-electron chi connectivity index (χ3n) is 5.24. The van der Waals surface area contributed by atoms with Crippen molar-refractivity contribution in [3.63, 3.8) is 0 Å². The number of hydrogen-bond acceptors (Lipinski definition) is 4. The van der Waals surface area contributed by atoms with Gasteiger partial charge >= 0.3 is 0 Å². The first kappa shape index (κ1) is 21.5. The van der Waals surface area contributed by atoms with Gasteiger partial charge in [-0.1, -0.05) is 36.4 Å². The lowest BCUT2D eigenvalue weighted by molar-refractivity contribution is -0.123. The number of carbonyl (C=O) groups is 3. The molecule has 1 saturated heterocycles. The van der Waals surface area contributed by atoms with Gasteiger partial charge in [0.2, 0.25) is 11.8 Å². The largest absolute Gasteiger partial charge is 0.356 e. The van der Waals surface area contributed by atoms with Gasteiger partial charge in [0.1, 0.15) is 5.69 Å². The SMILES string of the molecule is O=C1CCC(c2ccccc2)CCNC(=O)CN(C(=O)c2ccccn2)CCCN1. The Labute approximate surface area is 176 Å². The number of hydrogen-bond donors (Lipinski definition) is 2. The third kappa shape index (κ3) is 6.40. The van der Waals surface area contributed by atoms with Gasteiger partial charge in [0, 0.05) is 32.3 Å². The van der Waals surface area contributed by atoms with E-state index in [1.807, 2.05) is 18.2 Å². The van der Waals surface area contributed by atoms with E-state index in [2.05, 4.69) is 27.8 Å². The summed E-state index contributed by atoms with van der Waals surface area (Å²) in [4.78, 5) is 43.1. The summed E-state index contributed by atoms with van der Waals surface area (Å²) >= 11 is 0. The van der Waals surface area contributed by atoms with Crippen LogP contribution >= 0.6 is 0 Å². The van der Waals surface area contributed by atoms with E-state index in [9.17, 15) is 14.4 Å². The van der Waals surface area contributed by atoms with Crippen molar-refractivity contribution in [3.05, 3.63) is 66.0 Å².